The van der Waals surface area contributed by atoms with E-state index in [1.807, 2.05) is 30.3 Å². The Bertz CT molecular complexity index is 1040. The second-order valence-electron chi connectivity index (χ2n) is 7.30. The number of nitrogens with zero attached hydrogens (tertiary/aromatic N) is 2. The van der Waals surface area contributed by atoms with Crippen LogP contribution in [0.4, 0.5) is 5.69 Å². The molecule has 1 atom stereocenters. The Kier molecular flexibility index (Phi) is 6.43. The third-order valence-electron chi connectivity index (χ3n) is 5.21. The third-order valence-corrected chi connectivity index (χ3v) is 5.59. The molecule has 1 saturated heterocycles. The number of carbonyl (C=O) groups is 2. The maximum Gasteiger partial charge on any atom is 0.257 e. The highest BCUT2D eigenvalue weighted by atomic mass is 32.1. The monoisotopic (exact) mass is 433 g/mol. The molecule has 7 heteroatoms. The van der Waals surface area contributed by atoms with Crippen LogP contribution in [0.3, 0.4) is 0 Å². The summed E-state index contributed by atoms with van der Waals surface area (Å²) in [6.45, 7) is 0.922. The zero-order valence-electron chi connectivity index (χ0n) is 16.9. The molecule has 0 aliphatic carbocycles. The van der Waals surface area contributed by atoms with E-state index in [4.69, 9.17) is 16.6 Å². The van der Waals surface area contributed by atoms with Crippen LogP contribution in [0.2, 0.25) is 0 Å². The van der Waals surface area contributed by atoms with Gasteiger partial charge < -0.3 is 14.6 Å². The molecule has 1 fully saturated rings. The Morgan fingerprint density at radius 2 is 1.74 bits per heavy atom. The minimum absolute atomic E-state index is 0.0644. The number of para-hydroxylation sites is 1. The van der Waals surface area contributed by atoms with Gasteiger partial charge in [0.25, 0.3) is 5.91 Å². The van der Waals surface area contributed by atoms with Gasteiger partial charge >= 0.3 is 0 Å². The summed E-state index contributed by atoms with van der Waals surface area (Å²) in [6, 6.07) is 22.0. The van der Waals surface area contributed by atoms with E-state index in [9.17, 15) is 9.59 Å². The van der Waals surface area contributed by atoms with Crippen LogP contribution < -0.4 is 10.2 Å². The minimum atomic E-state index is -0.686. The average Bonchev–Trinajstić information content (AvgIpc) is 3.40. The highest BCUT2D eigenvalue weighted by Crippen LogP contribution is 2.26. The summed E-state index contributed by atoms with van der Waals surface area (Å²) < 4.78 is 5.48. The molecular weight excluding hydrogens is 410 g/mol. The van der Waals surface area contributed by atoms with Gasteiger partial charge in [0.05, 0.1) is 24.9 Å². The Hall–Kier alpha value is -3.45. The van der Waals surface area contributed by atoms with Gasteiger partial charge in [-0.05, 0) is 48.5 Å². The van der Waals surface area contributed by atoms with Crippen molar-refractivity contribution < 1.29 is 14.0 Å². The van der Waals surface area contributed by atoms with Crippen LogP contribution in [0.25, 0.3) is 0 Å². The molecule has 6 nitrogen and oxygen atoms in total. The highest BCUT2D eigenvalue weighted by molar-refractivity contribution is 7.80. The summed E-state index contributed by atoms with van der Waals surface area (Å²) in [5, 5.41) is 3.67. The zero-order valence-corrected chi connectivity index (χ0v) is 17.8. The van der Waals surface area contributed by atoms with Crippen molar-refractivity contribution in [2.75, 3.05) is 11.4 Å². The topological polar surface area (TPSA) is 65.8 Å². The summed E-state index contributed by atoms with van der Waals surface area (Å²) in [7, 11) is 0. The molecule has 0 unspecified atom stereocenters. The number of anilines is 1. The summed E-state index contributed by atoms with van der Waals surface area (Å²) >= 11 is 5.64. The number of thiocarbonyl (C=S) groups is 1. The van der Waals surface area contributed by atoms with Crippen LogP contribution in [0.5, 0.6) is 0 Å². The number of hydrogen-bond acceptors (Lipinski definition) is 4. The molecule has 0 bridgehead atoms. The molecule has 3 aromatic rings. The second-order valence-corrected chi connectivity index (χ2v) is 7.68. The van der Waals surface area contributed by atoms with E-state index in [0.717, 1.165) is 6.42 Å². The predicted molar refractivity (Wildman–Crippen MR) is 122 cm³/mol. The number of furan rings is 1. The number of benzene rings is 2. The number of imide groups is 1. The molecule has 1 N–H and O–H groups in total. The lowest BCUT2D eigenvalue weighted by atomic mass is 10.1. The summed E-state index contributed by atoms with van der Waals surface area (Å²) in [5.74, 6) is 0.151. The van der Waals surface area contributed by atoms with Gasteiger partial charge in [0.2, 0.25) is 5.91 Å². The van der Waals surface area contributed by atoms with E-state index < -0.39 is 6.04 Å². The molecule has 31 heavy (non-hydrogen) atoms. The smallest absolute Gasteiger partial charge is 0.257 e. The Balaban J connectivity index is 1.50. The number of hydrogen-bond donors (Lipinski definition) is 1. The number of rotatable bonds is 7. The molecule has 4 rings (SSSR count). The van der Waals surface area contributed by atoms with Crippen molar-refractivity contribution in [2.45, 2.75) is 25.4 Å². The first-order chi connectivity index (χ1) is 15.1. The third kappa shape index (κ3) is 4.83. The highest BCUT2D eigenvalue weighted by Gasteiger charge is 2.43. The van der Waals surface area contributed by atoms with Gasteiger partial charge in [0.1, 0.15) is 11.8 Å². The van der Waals surface area contributed by atoms with E-state index in [0.29, 0.717) is 29.6 Å². The van der Waals surface area contributed by atoms with Crippen molar-refractivity contribution in [3.8, 4) is 0 Å². The van der Waals surface area contributed by atoms with Crippen molar-refractivity contribution in [1.29, 1.82) is 0 Å². The first-order valence-corrected chi connectivity index (χ1v) is 10.6. The van der Waals surface area contributed by atoms with Crippen molar-refractivity contribution in [2.24, 2.45) is 0 Å². The second kappa shape index (κ2) is 9.57. The van der Waals surface area contributed by atoms with E-state index in [1.165, 1.54) is 10.5 Å². The predicted octanol–water partition coefficient (Wildman–Crippen LogP) is 3.53. The molecule has 2 amide bonds. The fourth-order valence-corrected chi connectivity index (χ4v) is 3.96. The van der Waals surface area contributed by atoms with E-state index >= 15 is 0 Å². The van der Waals surface area contributed by atoms with Gasteiger partial charge in [-0.2, -0.15) is 0 Å². The van der Waals surface area contributed by atoms with Crippen LogP contribution in [0.15, 0.2) is 83.5 Å². The molecule has 1 aliphatic rings. The van der Waals surface area contributed by atoms with Crippen molar-refractivity contribution in [3.63, 3.8) is 0 Å². The van der Waals surface area contributed by atoms with Crippen LogP contribution in [-0.4, -0.2) is 34.4 Å². The molecule has 1 aliphatic heterocycles. The molecule has 2 heterocycles. The minimum Gasteiger partial charge on any atom is -0.467 e. The SMILES string of the molecule is O=C1C[C@@H](N(Cc2ccco2)C(=S)NCCc2ccccc2)C(=O)N1c1ccccc1. The summed E-state index contributed by atoms with van der Waals surface area (Å²) in [6.07, 6.45) is 2.44. The number of nitrogens with one attached hydrogen (secondary N) is 1. The first kappa shape index (κ1) is 20.8. The molecular formula is C24H23N3O3S. The Morgan fingerprint density at radius 1 is 1.03 bits per heavy atom. The van der Waals surface area contributed by atoms with E-state index in [-0.39, 0.29) is 18.2 Å². The lowest BCUT2D eigenvalue weighted by Crippen LogP contribution is -2.49. The van der Waals surface area contributed by atoms with Crippen LogP contribution in [0.1, 0.15) is 17.7 Å². The maximum atomic E-state index is 13.2. The van der Waals surface area contributed by atoms with Gasteiger partial charge in [0, 0.05) is 6.54 Å². The number of amides is 2. The summed E-state index contributed by atoms with van der Waals surface area (Å²) in [4.78, 5) is 28.9. The van der Waals surface area contributed by atoms with Crippen molar-refractivity contribution in [3.05, 3.63) is 90.4 Å². The standard InChI is InChI=1S/C24H23N3O3S/c28-22-16-21(23(29)27(22)19-10-5-2-6-11-19)26(17-20-12-7-15-30-20)24(31)25-14-13-18-8-3-1-4-9-18/h1-12,15,21H,13-14,16-17H2,(H,25,31)/t21-/m1/s1. The molecule has 158 valence electrons. The van der Waals surface area contributed by atoms with Gasteiger partial charge in [-0.3, -0.25) is 9.59 Å². The Labute approximate surface area is 186 Å². The van der Waals surface area contributed by atoms with Gasteiger partial charge in [0.15, 0.2) is 5.11 Å². The molecule has 0 saturated carbocycles. The van der Waals surface area contributed by atoms with Crippen molar-refractivity contribution >= 4 is 34.8 Å². The average molecular weight is 434 g/mol. The van der Waals surface area contributed by atoms with Gasteiger partial charge in [-0.1, -0.05) is 48.5 Å². The first-order valence-electron chi connectivity index (χ1n) is 10.2. The van der Waals surface area contributed by atoms with E-state index in [2.05, 4.69) is 17.4 Å². The lowest BCUT2D eigenvalue weighted by Gasteiger charge is -2.29. The van der Waals surface area contributed by atoms with E-state index in [1.54, 1.807) is 41.5 Å². The van der Waals surface area contributed by atoms with Gasteiger partial charge in [-0.15, -0.1) is 0 Å². The molecule has 2 aromatic carbocycles. The lowest BCUT2D eigenvalue weighted by molar-refractivity contribution is -0.122. The number of carbonyl (C=O) groups excluding carboxylic acids is 2. The Morgan fingerprint density at radius 3 is 2.42 bits per heavy atom. The molecule has 0 spiro atoms. The molecule has 1 aromatic heterocycles. The zero-order chi connectivity index (χ0) is 21.6. The largest absolute Gasteiger partial charge is 0.467 e. The van der Waals surface area contributed by atoms with Crippen LogP contribution in [0, 0.1) is 0 Å². The maximum absolute atomic E-state index is 13.2. The molecule has 0 radical (unpaired) electrons. The van der Waals surface area contributed by atoms with Crippen LogP contribution >= 0.6 is 12.2 Å². The van der Waals surface area contributed by atoms with Crippen LogP contribution in [-0.2, 0) is 22.6 Å². The normalized spacial score (nSPS) is 15.9. The van der Waals surface area contributed by atoms with Crippen molar-refractivity contribution in [1.82, 2.24) is 10.2 Å². The fraction of sp³-hybridized carbons (Fsp3) is 0.208. The quantitative estimate of drug-likeness (QED) is 0.454. The van der Waals surface area contributed by atoms with Gasteiger partial charge in [-0.25, -0.2) is 4.90 Å². The summed E-state index contributed by atoms with van der Waals surface area (Å²) in [5.41, 5.74) is 1.76. The fourth-order valence-electron chi connectivity index (χ4n) is 3.66.